The highest BCUT2D eigenvalue weighted by Gasteiger charge is 2.46. The molecule has 1 aliphatic heterocycles. The number of hydrogen-bond acceptors (Lipinski definition) is 4. The molecular formula is C17H18N4O3. The van der Waals surface area contributed by atoms with Gasteiger partial charge in [0.15, 0.2) is 0 Å². The van der Waals surface area contributed by atoms with Gasteiger partial charge in [0, 0.05) is 11.6 Å². The quantitative estimate of drug-likeness (QED) is 0.839. The van der Waals surface area contributed by atoms with E-state index in [-0.39, 0.29) is 12.5 Å². The molecule has 0 spiro atoms. The number of urea groups is 1. The zero-order valence-corrected chi connectivity index (χ0v) is 13.5. The number of nitrogens with one attached hydrogen (secondary N) is 2. The van der Waals surface area contributed by atoms with Crippen molar-refractivity contribution in [3.8, 4) is 0 Å². The van der Waals surface area contributed by atoms with Crippen molar-refractivity contribution in [1.29, 1.82) is 0 Å². The molecule has 24 heavy (non-hydrogen) atoms. The van der Waals surface area contributed by atoms with Crippen LogP contribution in [0.1, 0.15) is 20.3 Å². The second kappa shape index (κ2) is 5.92. The second-order valence-corrected chi connectivity index (χ2v) is 5.94. The Morgan fingerprint density at radius 2 is 2.04 bits per heavy atom. The van der Waals surface area contributed by atoms with Gasteiger partial charge in [-0.2, -0.15) is 0 Å². The number of benzene rings is 1. The van der Waals surface area contributed by atoms with Gasteiger partial charge in [0.05, 0.1) is 11.2 Å². The first kappa shape index (κ1) is 15.9. The molecule has 0 unspecified atom stereocenters. The van der Waals surface area contributed by atoms with Gasteiger partial charge in [0.2, 0.25) is 5.91 Å². The number of nitrogens with zero attached hydrogens (tertiary/aromatic N) is 2. The van der Waals surface area contributed by atoms with E-state index in [9.17, 15) is 14.4 Å². The number of para-hydroxylation sites is 1. The van der Waals surface area contributed by atoms with Gasteiger partial charge in [-0.1, -0.05) is 25.1 Å². The normalized spacial score (nSPS) is 20.3. The first-order valence-corrected chi connectivity index (χ1v) is 7.72. The molecule has 2 heterocycles. The summed E-state index contributed by atoms with van der Waals surface area (Å²) in [5.41, 5.74) is 0.255. The topological polar surface area (TPSA) is 91.4 Å². The zero-order valence-electron chi connectivity index (χ0n) is 13.5. The molecule has 0 aliphatic carbocycles. The van der Waals surface area contributed by atoms with E-state index in [1.165, 1.54) is 0 Å². The highest BCUT2D eigenvalue weighted by Crippen LogP contribution is 2.22. The summed E-state index contributed by atoms with van der Waals surface area (Å²) in [4.78, 5) is 41.8. The average molecular weight is 326 g/mol. The maximum atomic E-state index is 12.3. The molecule has 0 saturated carbocycles. The van der Waals surface area contributed by atoms with Gasteiger partial charge >= 0.3 is 6.03 Å². The molecule has 0 radical (unpaired) electrons. The molecule has 3 rings (SSSR count). The Hall–Kier alpha value is -2.96. The predicted molar refractivity (Wildman–Crippen MR) is 89.3 cm³/mol. The molecule has 1 fully saturated rings. The van der Waals surface area contributed by atoms with Crippen LogP contribution in [0.25, 0.3) is 10.9 Å². The number of fused-ring (bicyclic) bond motifs is 1. The van der Waals surface area contributed by atoms with Crippen LogP contribution in [0, 0.1) is 0 Å². The van der Waals surface area contributed by atoms with Crippen LogP contribution >= 0.6 is 0 Å². The molecule has 1 saturated heterocycles. The second-order valence-electron chi connectivity index (χ2n) is 5.94. The largest absolute Gasteiger partial charge is 0.325 e. The first-order valence-electron chi connectivity index (χ1n) is 7.72. The van der Waals surface area contributed by atoms with Gasteiger partial charge in [-0.25, -0.2) is 4.79 Å². The van der Waals surface area contributed by atoms with E-state index in [4.69, 9.17) is 0 Å². The van der Waals surface area contributed by atoms with E-state index in [0.29, 0.717) is 17.6 Å². The first-order chi connectivity index (χ1) is 11.4. The monoisotopic (exact) mass is 326 g/mol. The molecule has 1 aliphatic rings. The predicted octanol–water partition coefficient (Wildman–Crippen LogP) is 1.89. The van der Waals surface area contributed by atoms with Crippen molar-refractivity contribution in [1.82, 2.24) is 15.2 Å². The summed E-state index contributed by atoms with van der Waals surface area (Å²) < 4.78 is 0. The molecule has 1 aromatic heterocycles. The summed E-state index contributed by atoms with van der Waals surface area (Å²) in [7, 11) is 0. The number of rotatable bonds is 4. The van der Waals surface area contributed by atoms with Crippen LogP contribution in [-0.4, -0.2) is 39.8 Å². The SMILES string of the molecule is CC[C@]1(C)NC(=O)N(CC(=O)Nc2cccc3cccnc23)C1=O. The Labute approximate surface area is 139 Å². The minimum atomic E-state index is -0.946. The van der Waals surface area contributed by atoms with Crippen molar-refractivity contribution in [2.24, 2.45) is 0 Å². The van der Waals surface area contributed by atoms with Crippen molar-refractivity contribution >= 4 is 34.4 Å². The maximum absolute atomic E-state index is 12.3. The molecule has 0 bridgehead atoms. The fraction of sp³-hybridized carbons (Fsp3) is 0.294. The third kappa shape index (κ3) is 2.68. The molecule has 7 heteroatoms. The van der Waals surface area contributed by atoms with E-state index in [1.807, 2.05) is 31.2 Å². The summed E-state index contributed by atoms with van der Waals surface area (Å²) >= 11 is 0. The van der Waals surface area contributed by atoms with Crippen LogP contribution < -0.4 is 10.6 Å². The van der Waals surface area contributed by atoms with E-state index in [1.54, 1.807) is 19.2 Å². The van der Waals surface area contributed by atoms with Gasteiger partial charge in [-0.15, -0.1) is 0 Å². The van der Waals surface area contributed by atoms with E-state index in [0.717, 1.165) is 10.3 Å². The van der Waals surface area contributed by atoms with Crippen LogP contribution in [0.15, 0.2) is 36.5 Å². The maximum Gasteiger partial charge on any atom is 0.325 e. The van der Waals surface area contributed by atoms with Gasteiger partial charge in [0.1, 0.15) is 12.1 Å². The fourth-order valence-electron chi connectivity index (χ4n) is 2.67. The molecule has 4 amide bonds. The minimum Gasteiger partial charge on any atom is -0.323 e. The molecule has 7 nitrogen and oxygen atoms in total. The lowest BCUT2D eigenvalue weighted by molar-refractivity contribution is -0.133. The summed E-state index contributed by atoms with van der Waals surface area (Å²) in [5.74, 6) is -0.835. The van der Waals surface area contributed by atoms with Gasteiger partial charge in [-0.3, -0.25) is 19.5 Å². The van der Waals surface area contributed by atoms with Crippen molar-refractivity contribution in [2.45, 2.75) is 25.8 Å². The van der Waals surface area contributed by atoms with Crippen LogP contribution in [0.5, 0.6) is 0 Å². The lowest BCUT2D eigenvalue weighted by Crippen LogP contribution is -2.44. The van der Waals surface area contributed by atoms with Crippen LogP contribution in [0.3, 0.4) is 0 Å². The van der Waals surface area contributed by atoms with E-state index in [2.05, 4.69) is 15.6 Å². The van der Waals surface area contributed by atoms with Gasteiger partial charge in [-0.05, 0) is 25.5 Å². The Balaban J connectivity index is 1.76. The minimum absolute atomic E-state index is 0.330. The highest BCUT2D eigenvalue weighted by atomic mass is 16.2. The van der Waals surface area contributed by atoms with E-state index < -0.39 is 17.5 Å². The van der Waals surface area contributed by atoms with Gasteiger partial charge in [0.25, 0.3) is 5.91 Å². The molecule has 2 N–H and O–H groups in total. The number of hydrogen-bond donors (Lipinski definition) is 2. The van der Waals surface area contributed by atoms with Crippen molar-refractivity contribution in [2.75, 3.05) is 11.9 Å². The van der Waals surface area contributed by atoms with Gasteiger partial charge < -0.3 is 10.6 Å². The molecular weight excluding hydrogens is 308 g/mol. The van der Waals surface area contributed by atoms with E-state index >= 15 is 0 Å². The van der Waals surface area contributed by atoms with Crippen molar-refractivity contribution in [3.63, 3.8) is 0 Å². The number of aromatic nitrogens is 1. The Morgan fingerprint density at radius 3 is 2.75 bits per heavy atom. The number of imide groups is 1. The summed E-state index contributed by atoms with van der Waals surface area (Å²) in [6.45, 7) is 3.13. The summed E-state index contributed by atoms with van der Waals surface area (Å²) in [5, 5.41) is 6.24. The number of amides is 4. The third-order valence-electron chi connectivity index (χ3n) is 4.26. The highest BCUT2D eigenvalue weighted by molar-refractivity contribution is 6.10. The number of carbonyl (C=O) groups is 3. The number of anilines is 1. The molecule has 1 aromatic carbocycles. The number of carbonyl (C=O) groups excluding carboxylic acids is 3. The zero-order chi connectivity index (χ0) is 17.3. The lowest BCUT2D eigenvalue weighted by atomic mass is 9.99. The number of pyridine rings is 1. The standard InChI is InChI=1S/C17H18N4O3/c1-3-17(2)15(23)21(16(24)20-17)10-13(22)19-12-8-4-6-11-7-5-9-18-14(11)12/h4-9H,3,10H2,1-2H3,(H,19,22)(H,20,24)/t17-/m0/s1. The molecule has 2 aromatic rings. The Morgan fingerprint density at radius 1 is 1.29 bits per heavy atom. The lowest BCUT2D eigenvalue weighted by Gasteiger charge is -2.19. The van der Waals surface area contributed by atoms with Crippen molar-refractivity contribution in [3.05, 3.63) is 36.5 Å². The molecule has 124 valence electrons. The summed E-state index contributed by atoms with van der Waals surface area (Å²) in [6.07, 6.45) is 2.10. The van der Waals surface area contributed by atoms with Crippen molar-refractivity contribution < 1.29 is 14.4 Å². The smallest absolute Gasteiger partial charge is 0.323 e. The van der Waals surface area contributed by atoms with Crippen LogP contribution in [0.4, 0.5) is 10.5 Å². The molecule has 1 atom stereocenters. The average Bonchev–Trinajstić information content (AvgIpc) is 2.79. The fourth-order valence-corrected chi connectivity index (χ4v) is 2.67. The summed E-state index contributed by atoms with van der Waals surface area (Å²) in [6, 6.07) is 8.59. The Kier molecular flexibility index (Phi) is 3.92. The van der Waals surface area contributed by atoms with Crippen LogP contribution in [0.2, 0.25) is 0 Å². The third-order valence-corrected chi connectivity index (χ3v) is 4.26. The Bertz CT molecular complexity index is 830. The van der Waals surface area contributed by atoms with Crippen LogP contribution in [-0.2, 0) is 9.59 Å².